The van der Waals surface area contributed by atoms with Crippen LogP contribution in [0.15, 0.2) is 72.2 Å². The molecular formula is C54H69ClN8O7S. The molecule has 3 heterocycles. The van der Waals surface area contributed by atoms with Gasteiger partial charge in [0.2, 0.25) is 17.7 Å². The summed E-state index contributed by atoms with van der Waals surface area (Å²) in [5.74, 6) is -0.804. The van der Waals surface area contributed by atoms with E-state index >= 15 is 0 Å². The van der Waals surface area contributed by atoms with E-state index in [2.05, 4.69) is 64.5 Å². The highest BCUT2D eigenvalue weighted by Gasteiger charge is 2.64. The van der Waals surface area contributed by atoms with Crippen molar-refractivity contribution in [2.24, 2.45) is 16.2 Å². The van der Waals surface area contributed by atoms with E-state index in [0.717, 1.165) is 53.6 Å². The van der Waals surface area contributed by atoms with Crippen LogP contribution in [0.2, 0.25) is 5.02 Å². The number of aromatic nitrogens is 1. The second kappa shape index (κ2) is 21.6. The summed E-state index contributed by atoms with van der Waals surface area (Å²) < 4.78 is 12.4. The third-order valence-corrected chi connectivity index (χ3v) is 15.8. The number of carbonyl (C=O) groups excluding carboxylic acids is 4. The van der Waals surface area contributed by atoms with Gasteiger partial charge in [-0.05, 0) is 73.7 Å². The van der Waals surface area contributed by atoms with Crippen molar-refractivity contribution in [1.82, 2.24) is 30.7 Å². The first-order chi connectivity index (χ1) is 33.5. The maximum Gasteiger partial charge on any atom is 0.251 e. The number of hydrogen-bond donors (Lipinski definition) is 4. The van der Waals surface area contributed by atoms with Crippen LogP contribution in [-0.2, 0) is 19.1 Å². The van der Waals surface area contributed by atoms with Crippen LogP contribution in [0, 0.1) is 34.5 Å². The van der Waals surface area contributed by atoms with Crippen molar-refractivity contribution in [3.8, 4) is 22.3 Å². The first kappa shape index (κ1) is 53.2. The summed E-state index contributed by atoms with van der Waals surface area (Å²) in [7, 11) is 0. The van der Waals surface area contributed by atoms with Crippen molar-refractivity contribution < 1.29 is 33.8 Å². The molecule has 71 heavy (non-hydrogen) atoms. The normalized spacial score (nSPS) is 22.1. The van der Waals surface area contributed by atoms with Gasteiger partial charge in [-0.1, -0.05) is 84.3 Å². The lowest BCUT2D eigenvalue weighted by Gasteiger charge is -2.63. The Morgan fingerprint density at radius 2 is 1.62 bits per heavy atom. The quantitative estimate of drug-likeness (QED) is 0.0892. The number of aliphatic hydroxyl groups is 1. The Balaban J connectivity index is 0.846. The van der Waals surface area contributed by atoms with E-state index in [1.165, 1.54) is 4.90 Å². The number of aliphatic hydroxyl groups excluding tert-OH is 1. The number of nitrogens with one attached hydrogen (secondary N) is 3. The summed E-state index contributed by atoms with van der Waals surface area (Å²) in [5.41, 5.74) is 5.24. The van der Waals surface area contributed by atoms with E-state index < -0.39 is 41.5 Å². The average molecular weight is 1010 g/mol. The molecule has 380 valence electrons. The lowest BCUT2D eigenvalue weighted by atomic mass is 9.49. The molecule has 4 amide bonds. The second-order valence-electron chi connectivity index (χ2n) is 21.5. The van der Waals surface area contributed by atoms with Crippen LogP contribution in [-0.4, -0.2) is 126 Å². The number of piperazine rings is 1. The minimum absolute atomic E-state index is 0.0195. The Kier molecular flexibility index (Phi) is 16.2. The maximum atomic E-state index is 14.2. The molecule has 0 bridgehead atoms. The largest absolute Gasteiger partial charge is 0.489 e. The molecule has 2 saturated heterocycles. The predicted molar refractivity (Wildman–Crippen MR) is 276 cm³/mol. The van der Waals surface area contributed by atoms with Gasteiger partial charge in [0.05, 0.1) is 45.4 Å². The van der Waals surface area contributed by atoms with Crippen LogP contribution >= 0.6 is 22.9 Å². The molecule has 0 unspecified atom stereocenters. The SMILES string of the molecule is Cc1ncsc1-c1ccc([C@H](C)NC(=O)[C@@H]2C[C@@H](O)CN2C(=O)[C@@H](NC(=O)[C@H](C)OCCN2CCN(c3ccc(C(=O)N[C@H]4C(C)(C)[C@H](Oc5ccc(C#N)c(Cl)c5)C4(C)C)cc3)CC2)C(C)(C)C)cc1. The molecule has 0 spiro atoms. The topological polar surface area (TPSA) is 189 Å². The molecular weight excluding hydrogens is 940 g/mol. The number of aryl methyl sites for hydroxylation is 1. The third kappa shape index (κ3) is 11.9. The Labute approximate surface area is 427 Å². The van der Waals surface area contributed by atoms with E-state index in [1.807, 2.05) is 88.7 Å². The average Bonchev–Trinajstić information content (AvgIpc) is 3.96. The van der Waals surface area contributed by atoms with Crippen molar-refractivity contribution in [2.45, 2.75) is 118 Å². The standard InChI is InChI=1S/C54H69ClN8O7S/c1-32(35-11-13-36(14-12-35)44-33(2)57-31-71-44)58-48(67)43-27-40(64)30-63(43)49(68)45(52(4,5)6)59-46(65)34(3)69-26-25-61-21-23-62(24-22-61)39-18-15-37(16-19-39)47(66)60-50-53(7,8)51(54(50,9)10)70-41-20-17-38(29-56)42(55)28-41/h11-20,28,31-32,34,40,43,45,50-51,64H,21-27,30H2,1-10H3,(H,58,67)(H,59,65)(H,60,66)/t32-,34-,40+,43-,45+,50-,51-/m0/s1. The van der Waals surface area contributed by atoms with Gasteiger partial charge in [0.25, 0.3) is 5.91 Å². The number of hydrogen-bond acceptors (Lipinski definition) is 12. The van der Waals surface area contributed by atoms with Gasteiger partial charge in [0.1, 0.15) is 36.1 Å². The van der Waals surface area contributed by atoms with Crippen LogP contribution < -0.4 is 25.6 Å². The molecule has 15 nitrogen and oxygen atoms in total. The molecule has 0 radical (unpaired) electrons. The van der Waals surface area contributed by atoms with Crippen LogP contribution in [0.1, 0.15) is 102 Å². The zero-order valence-electron chi connectivity index (χ0n) is 42.5. The molecule has 3 aliphatic rings. The molecule has 7 rings (SSSR count). The van der Waals surface area contributed by atoms with Gasteiger partial charge in [0.15, 0.2) is 0 Å². The van der Waals surface area contributed by atoms with Gasteiger partial charge in [-0.15, -0.1) is 11.3 Å². The van der Waals surface area contributed by atoms with Gasteiger partial charge in [-0.3, -0.25) is 24.1 Å². The Morgan fingerprint density at radius 3 is 2.21 bits per heavy atom. The van der Waals surface area contributed by atoms with E-state index in [0.29, 0.717) is 35.1 Å². The number of amides is 4. The molecule has 2 aliphatic heterocycles. The lowest BCUT2D eigenvalue weighted by molar-refractivity contribution is -0.164. The van der Waals surface area contributed by atoms with E-state index in [9.17, 15) is 29.5 Å². The van der Waals surface area contributed by atoms with Crippen molar-refractivity contribution in [2.75, 3.05) is 50.8 Å². The summed E-state index contributed by atoms with van der Waals surface area (Å²) in [6, 6.07) is 20.4. The number of thiazole rings is 1. The summed E-state index contributed by atoms with van der Waals surface area (Å²) in [5, 5.41) is 29.5. The Bertz CT molecular complexity index is 2580. The summed E-state index contributed by atoms with van der Waals surface area (Å²) in [6.45, 7) is 23.4. The molecule has 17 heteroatoms. The fourth-order valence-electron chi connectivity index (χ4n) is 10.6. The van der Waals surface area contributed by atoms with E-state index in [-0.39, 0.29) is 53.8 Å². The number of carbonyl (C=O) groups is 4. The van der Waals surface area contributed by atoms with Gasteiger partial charge in [-0.25, -0.2) is 4.98 Å². The molecule has 1 aliphatic carbocycles. The number of benzene rings is 3. The minimum atomic E-state index is -0.976. The molecule has 1 aromatic heterocycles. The number of β-amino-alcohol motifs (C(OH)–C–C–N with tert-alkyl or cyclic N) is 1. The van der Waals surface area contributed by atoms with Crippen molar-refractivity contribution >= 4 is 52.3 Å². The zero-order chi connectivity index (χ0) is 51.6. The fraction of sp³-hybridized carbons (Fsp3) is 0.519. The number of rotatable bonds is 16. The van der Waals surface area contributed by atoms with Gasteiger partial charge in [0, 0.05) is 79.9 Å². The van der Waals surface area contributed by atoms with Gasteiger partial charge in [-0.2, -0.15) is 5.26 Å². The minimum Gasteiger partial charge on any atom is -0.489 e. The molecule has 1 saturated carbocycles. The summed E-state index contributed by atoms with van der Waals surface area (Å²) in [6.07, 6.45) is -1.84. The number of likely N-dealkylation sites (tertiary alicyclic amines) is 1. The Hall–Kier alpha value is -5.57. The number of nitriles is 1. The van der Waals surface area contributed by atoms with Crippen LogP contribution in [0.25, 0.3) is 10.4 Å². The molecule has 4 N–H and O–H groups in total. The van der Waals surface area contributed by atoms with Crippen LogP contribution in [0.5, 0.6) is 5.75 Å². The van der Waals surface area contributed by atoms with Crippen LogP contribution in [0.4, 0.5) is 5.69 Å². The fourth-order valence-corrected chi connectivity index (χ4v) is 11.6. The molecule has 4 aromatic rings. The monoisotopic (exact) mass is 1010 g/mol. The number of ether oxygens (including phenoxy) is 2. The van der Waals surface area contributed by atoms with Crippen molar-refractivity contribution in [1.29, 1.82) is 5.26 Å². The van der Waals surface area contributed by atoms with Crippen LogP contribution in [0.3, 0.4) is 0 Å². The highest BCUT2D eigenvalue weighted by atomic mass is 35.5. The zero-order valence-corrected chi connectivity index (χ0v) is 44.1. The lowest BCUT2D eigenvalue weighted by Crippen LogP contribution is -2.74. The molecule has 3 fully saturated rings. The first-order valence-corrected chi connectivity index (χ1v) is 25.7. The number of anilines is 1. The smallest absolute Gasteiger partial charge is 0.251 e. The summed E-state index contributed by atoms with van der Waals surface area (Å²) >= 11 is 7.84. The second-order valence-corrected chi connectivity index (χ2v) is 22.8. The van der Waals surface area contributed by atoms with Gasteiger partial charge < -0.3 is 40.3 Å². The van der Waals surface area contributed by atoms with E-state index in [4.69, 9.17) is 21.1 Å². The van der Waals surface area contributed by atoms with Crippen molar-refractivity contribution in [3.63, 3.8) is 0 Å². The highest BCUT2D eigenvalue weighted by Crippen LogP contribution is 2.55. The number of halogens is 1. The van der Waals surface area contributed by atoms with Crippen molar-refractivity contribution in [3.05, 3.63) is 99.6 Å². The number of nitrogens with zero attached hydrogens (tertiary/aromatic N) is 5. The van der Waals surface area contributed by atoms with E-state index in [1.54, 1.807) is 36.5 Å². The molecule has 5 atom stereocenters. The predicted octanol–water partition coefficient (Wildman–Crippen LogP) is 7.15. The molecule has 3 aromatic carbocycles. The Morgan fingerprint density at radius 1 is 0.958 bits per heavy atom. The third-order valence-electron chi connectivity index (χ3n) is 14.5. The maximum absolute atomic E-state index is 14.2. The summed E-state index contributed by atoms with van der Waals surface area (Å²) in [4.78, 5) is 66.5. The highest BCUT2D eigenvalue weighted by molar-refractivity contribution is 7.13. The van der Waals surface area contributed by atoms with Gasteiger partial charge >= 0.3 is 0 Å². The first-order valence-electron chi connectivity index (χ1n) is 24.5.